The fraction of sp³-hybridized carbons (Fsp3) is 0.520. The van der Waals surface area contributed by atoms with Gasteiger partial charge in [-0.25, -0.2) is 15.0 Å². The zero-order valence-corrected chi connectivity index (χ0v) is 22.6. The number of carbonyl (C=O) groups excluding carboxylic acids is 1. The number of aliphatic hydroxyl groups is 1. The molecule has 1 amide bonds. The van der Waals surface area contributed by atoms with Gasteiger partial charge in [0.2, 0.25) is 6.41 Å². The average molecular weight is 531 g/mol. The number of pyridine rings is 1. The van der Waals surface area contributed by atoms with E-state index in [9.17, 15) is 9.90 Å². The number of anilines is 2. The highest BCUT2D eigenvalue weighted by molar-refractivity contribution is 7.17. The molecular formula is C25H34N6O3S2. The molecule has 5 rings (SSSR count). The van der Waals surface area contributed by atoms with E-state index in [-0.39, 0.29) is 0 Å². The first-order valence-electron chi connectivity index (χ1n) is 12.2. The van der Waals surface area contributed by atoms with Crippen molar-refractivity contribution >= 4 is 40.0 Å². The van der Waals surface area contributed by atoms with E-state index in [1.807, 2.05) is 42.5 Å². The predicted octanol–water partition coefficient (Wildman–Crippen LogP) is 4.01. The molecular weight excluding hydrogens is 496 g/mol. The molecule has 2 fully saturated rings. The number of carbonyl (C=O) groups is 1. The second-order valence-corrected chi connectivity index (χ2v) is 10.9. The molecule has 9 nitrogen and oxygen atoms in total. The summed E-state index contributed by atoms with van der Waals surface area (Å²) in [4.78, 5) is 29.2. The Kier molecular flexibility index (Phi) is 9.38. The van der Waals surface area contributed by atoms with Gasteiger partial charge in [-0.2, -0.15) is 0 Å². The van der Waals surface area contributed by atoms with Crippen molar-refractivity contribution in [2.75, 3.05) is 44.7 Å². The molecule has 2 saturated heterocycles. The van der Waals surface area contributed by atoms with Crippen molar-refractivity contribution in [2.24, 2.45) is 0 Å². The molecule has 3 aromatic rings. The molecule has 0 bridgehead atoms. The second kappa shape index (κ2) is 12.7. The predicted molar refractivity (Wildman–Crippen MR) is 144 cm³/mol. The number of thiazole rings is 2. The van der Waals surface area contributed by atoms with E-state index < -0.39 is 6.10 Å². The van der Waals surface area contributed by atoms with E-state index in [1.54, 1.807) is 6.92 Å². The molecule has 2 aliphatic heterocycles. The third-order valence-corrected chi connectivity index (χ3v) is 8.37. The summed E-state index contributed by atoms with van der Waals surface area (Å²) in [5.74, 6) is 0.775. The molecule has 36 heavy (non-hydrogen) atoms. The van der Waals surface area contributed by atoms with E-state index in [2.05, 4.69) is 25.2 Å². The molecule has 0 saturated carbocycles. The molecule has 0 radical (unpaired) electrons. The maximum absolute atomic E-state index is 10.5. The highest BCUT2D eigenvalue weighted by atomic mass is 32.1. The van der Waals surface area contributed by atoms with E-state index in [0.717, 1.165) is 96.4 Å². The number of hydrogen-bond donors (Lipinski definition) is 2. The highest BCUT2D eigenvalue weighted by Gasteiger charge is 2.25. The zero-order chi connectivity index (χ0) is 25.5. The van der Waals surface area contributed by atoms with E-state index in [1.165, 1.54) is 22.7 Å². The first kappa shape index (κ1) is 26.6. The van der Waals surface area contributed by atoms with Crippen LogP contribution in [-0.2, 0) is 9.53 Å². The number of nitrogens with one attached hydrogen (secondary N) is 1. The van der Waals surface area contributed by atoms with Gasteiger partial charge in [-0.1, -0.05) is 6.07 Å². The van der Waals surface area contributed by atoms with E-state index in [0.29, 0.717) is 6.04 Å². The molecule has 0 aliphatic carbocycles. The van der Waals surface area contributed by atoms with Gasteiger partial charge in [-0.15, -0.1) is 22.7 Å². The van der Waals surface area contributed by atoms with Gasteiger partial charge in [0.25, 0.3) is 0 Å². The van der Waals surface area contributed by atoms with Crippen molar-refractivity contribution < 1.29 is 14.6 Å². The van der Waals surface area contributed by atoms with Crippen LogP contribution in [0.15, 0.2) is 23.7 Å². The third-order valence-electron chi connectivity index (χ3n) is 6.26. The molecule has 5 heterocycles. The molecule has 0 spiro atoms. The van der Waals surface area contributed by atoms with Crippen LogP contribution in [0, 0.1) is 13.8 Å². The SMILES string of the molecule is Cc1ccc(Nc2nc(-c3sc(C(C)O)nc3C)cs2)nc1.O=CN1CCC(N2CCOCC2)CC1. The molecule has 11 heteroatoms. The summed E-state index contributed by atoms with van der Waals surface area (Å²) in [6.45, 7) is 11.4. The molecule has 0 aromatic carbocycles. The number of ether oxygens (including phenoxy) is 1. The van der Waals surface area contributed by atoms with Crippen molar-refractivity contribution in [3.8, 4) is 10.6 Å². The highest BCUT2D eigenvalue weighted by Crippen LogP contribution is 2.34. The largest absolute Gasteiger partial charge is 0.386 e. The fourth-order valence-electron chi connectivity index (χ4n) is 4.22. The lowest BCUT2D eigenvalue weighted by Gasteiger charge is -2.39. The zero-order valence-electron chi connectivity index (χ0n) is 21.0. The number of aliphatic hydroxyl groups excluding tert-OH is 1. The number of aromatic nitrogens is 3. The molecule has 194 valence electrons. The summed E-state index contributed by atoms with van der Waals surface area (Å²) in [7, 11) is 0. The Hall–Kier alpha value is -2.44. The van der Waals surface area contributed by atoms with Crippen LogP contribution in [0.25, 0.3) is 10.6 Å². The number of piperidine rings is 1. The van der Waals surface area contributed by atoms with Crippen LogP contribution in [0.2, 0.25) is 0 Å². The summed E-state index contributed by atoms with van der Waals surface area (Å²) in [5, 5.41) is 16.3. The summed E-state index contributed by atoms with van der Waals surface area (Å²) in [5.41, 5.74) is 2.89. The van der Waals surface area contributed by atoms with Gasteiger partial charge in [0, 0.05) is 43.8 Å². The smallest absolute Gasteiger partial charge is 0.209 e. The first-order chi connectivity index (χ1) is 17.4. The van der Waals surface area contributed by atoms with Crippen LogP contribution in [-0.4, -0.2) is 81.7 Å². The number of likely N-dealkylation sites (tertiary alicyclic amines) is 1. The van der Waals surface area contributed by atoms with Gasteiger partial charge in [-0.3, -0.25) is 9.69 Å². The summed E-state index contributed by atoms with van der Waals surface area (Å²) in [6, 6.07) is 4.61. The minimum Gasteiger partial charge on any atom is -0.386 e. The Morgan fingerprint density at radius 3 is 2.53 bits per heavy atom. The lowest BCUT2D eigenvalue weighted by molar-refractivity contribution is -0.119. The van der Waals surface area contributed by atoms with Crippen LogP contribution < -0.4 is 5.32 Å². The topological polar surface area (TPSA) is 104 Å². The van der Waals surface area contributed by atoms with Crippen LogP contribution in [0.5, 0.6) is 0 Å². The number of nitrogens with zero attached hydrogens (tertiary/aromatic N) is 5. The minimum atomic E-state index is -0.551. The summed E-state index contributed by atoms with van der Waals surface area (Å²) < 4.78 is 5.32. The van der Waals surface area contributed by atoms with E-state index in [4.69, 9.17) is 4.74 Å². The molecule has 1 unspecified atom stereocenters. The van der Waals surface area contributed by atoms with Gasteiger partial charge in [-0.05, 0) is 45.2 Å². The maximum atomic E-state index is 10.5. The van der Waals surface area contributed by atoms with Gasteiger partial charge in [0.1, 0.15) is 16.9 Å². The molecule has 2 N–H and O–H groups in total. The van der Waals surface area contributed by atoms with Crippen LogP contribution in [0.1, 0.15) is 42.1 Å². The number of hydrogen-bond acceptors (Lipinski definition) is 10. The molecule has 1 atom stereocenters. The number of amides is 1. The normalized spacial score (nSPS) is 17.8. The Labute approximate surface area is 220 Å². The minimum absolute atomic E-state index is 0.551. The summed E-state index contributed by atoms with van der Waals surface area (Å²) >= 11 is 3.01. The van der Waals surface area contributed by atoms with Crippen LogP contribution in [0.4, 0.5) is 10.9 Å². The van der Waals surface area contributed by atoms with Gasteiger partial charge < -0.3 is 20.1 Å². The van der Waals surface area contributed by atoms with Gasteiger partial charge in [0.15, 0.2) is 5.13 Å². The summed E-state index contributed by atoms with van der Waals surface area (Å²) in [6.07, 6.45) is 4.48. The van der Waals surface area contributed by atoms with Crippen LogP contribution in [0.3, 0.4) is 0 Å². The van der Waals surface area contributed by atoms with Crippen molar-refractivity contribution in [3.63, 3.8) is 0 Å². The van der Waals surface area contributed by atoms with E-state index >= 15 is 0 Å². The second-order valence-electron chi connectivity index (χ2n) is 9.05. The molecule has 3 aromatic heterocycles. The number of morpholine rings is 1. The van der Waals surface area contributed by atoms with Crippen molar-refractivity contribution in [2.45, 2.75) is 45.8 Å². The third kappa shape index (κ3) is 7.07. The Morgan fingerprint density at radius 2 is 1.92 bits per heavy atom. The standard InChI is InChI=1S/C15H16N4OS2.C10H18N2O2/c1-8-4-5-12(16-6-8)19-15-18-11(7-21-15)13-9(2)17-14(22-13)10(3)20;13-9-11-3-1-10(2-4-11)12-5-7-14-8-6-12/h4-7,10,20H,1-3H3,(H,16,18,19);9-10H,1-8H2. The fourth-order valence-corrected chi connectivity index (χ4v) is 5.97. The quantitative estimate of drug-likeness (QED) is 0.461. The molecule has 2 aliphatic rings. The van der Waals surface area contributed by atoms with Gasteiger partial charge in [0.05, 0.1) is 29.5 Å². The average Bonchev–Trinajstić information content (AvgIpc) is 3.53. The van der Waals surface area contributed by atoms with Gasteiger partial charge >= 0.3 is 0 Å². The Balaban J connectivity index is 0.000000187. The monoisotopic (exact) mass is 530 g/mol. The Bertz CT molecular complexity index is 1100. The Morgan fingerprint density at radius 1 is 1.17 bits per heavy atom. The van der Waals surface area contributed by atoms with Crippen molar-refractivity contribution in [1.82, 2.24) is 24.8 Å². The maximum Gasteiger partial charge on any atom is 0.209 e. The number of aryl methyl sites for hydroxylation is 2. The van der Waals surface area contributed by atoms with Crippen molar-refractivity contribution in [1.29, 1.82) is 0 Å². The lowest BCUT2D eigenvalue weighted by Crippen LogP contribution is -2.48. The first-order valence-corrected chi connectivity index (χ1v) is 13.9. The van der Waals surface area contributed by atoms with Crippen molar-refractivity contribution in [3.05, 3.63) is 40.0 Å². The lowest BCUT2D eigenvalue weighted by atomic mass is 10.0. The van der Waals surface area contributed by atoms with Crippen LogP contribution >= 0.6 is 22.7 Å². The number of rotatable bonds is 6.